The summed E-state index contributed by atoms with van der Waals surface area (Å²) < 4.78 is 20.1. The quantitative estimate of drug-likeness (QED) is 0.547. The first-order valence-electron chi connectivity index (χ1n) is 9.23. The van der Waals surface area contributed by atoms with Gasteiger partial charge in [-0.1, -0.05) is 6.07 Å². The molecular weight excluding hydrogens is 371 g/mol. The number of nitrogens with one attached hydrogen (secondary N) is 1. The zero-order valence-corrected chi connectivity index (χ0v) is 15.6. The van der Waals surface area contributed by atoms with Gasteiger partial charge in [0.15, 0.2) is 5.82 Å². The lowest BCUT2D eigenvalue weighted by atomic mass is 10.0. The van der Waals surface area contributed by atoms with Crippen LogP contribution in [-0.2, 0) is 6.42 Å². The second-order valence-electron chi connectivity index (χ2n) is 7.08. The highest BCUT2D eigenvalue weighted by Gasteiger charge is 2.19. The number of nitrogens with zero attached hydrogens (tertiary/aromatic N) is 2. The Labute approximate surface area is 165 Å². The summed E-state index contributed by atoms with van der Waals surface area (Å²) in [6.45, 7) is 2.52. The van der Waals surface area contributed by atoms with E-state index in [4.69, 9.17) is 10.5 Å². The number of pyridine rings is 1. The molecule has 3 N–H and O–H groups in total. The predicted molar refractivity (Wildman–Crippen MR) is 109 cm³/mol. The number of anilines is 1. The number of rotatable bonds is 2. The van der Waals surface area contributed by atoms with E-state index in [-0.39, 0.29) is 17.1 Å². The number of nitrogen functional groups attached to an aromatic ring is 1. The standard InChI is InChI=1S/C22H17FN4O2/c1-11-10-25-22(28)15-4-2-14(9-16(11)15)19-21(24)27-20(23)18(26-19)13-3-5-17-12(8-13)6-7-29-17/h2-5,8-10H,6-7H2,1H3,(H2,24,27)(H,25,28). The van der Waals surface area contributed by atoms with Gasteiger partial charge in [-0.15, -0.1) is 0 Å². The van der Waals surface area contributed by atoms with Gasteiger partial charge in [0.1, 0.15) is 17.1 Å². The van der Waals surface area contributed by atoms with E-state index < -0.39 is 5.95 Å². The van der Waals surface area contributed by atoms with Crippen LogP contribution in [0.1, 0.15) is 11.1 Å². The van der Waals surface area contributed by atoms with Crippen molar-refractivity contribution >= 4 is 16.6 Å². The first-order chi connectivity index (χ1) is 14.0. The lowest BCUT2D eigenvalue weighted by molar-refractivity contribution is 0.357. The number of nitrogens with two attached hydrogens (primary N) is 1. The van der Waals surface area contributed by atoms with Crippen LogP contribution >= 0.6 is 0 Å². The second-order valence-corrected chi connectivity index (χ2v) is 7.08. The van der Waals surface area contributed by atoms with Crippen LogP contribution in [0, 0.1) is 12.9 Å². The number of aromatic nitrogens is 3. The zero-order chi connectivity index (χ0) is 20.1. The molecule has 144 valence electrons. The first-order valence-corrected chi connectivity index (χ1v) is 9.23. The number of halogens is 1. The van der Waals surface area contributed by atoms with Gasteiger partial charge in [0.05, 0.1) is 6.61 Å². The molecular formula is C22H17FN4O2. The van der Waals surface area contributed by atoms with Gasteiger partial charge in [-0.05, 0) is 53.8 Å². The summed E-state index contributed by atoms with van der Waals surface area (Å²) in [5.74, 6) is 0.0872. The van der Waals surface area contributed by atoms with Crippen molar-refractivity contribution in [1.29, 1.82) is 0 Å². The van der Waals surface area contributed by atoms with Gasteiger partial charge in [0, 0.05) is 29.1 Å². The highest BCUT2D eigenvalue weighted by atomic mass is 19.1. The smallest absolute Gasteiger partial charge is 0.255 e. The highest BCUT2D eigenvalue weighted by Crippen LogP contribution is 2.33. The second kappa shape index (κ2) is 6.41. The van der Waals surface area contributed by atoms with Gasteiger partial charge in [-0.25, -0.2) is 4.98 Å². The maximum Gasteiger partial charge on any atom is 0.255 e. The number of hydrogen-bond acceptors (Lipinski definition) is 5. The molecule has 4 aromatic rings. The predicted octanol–water partition coefficient (Wildman–Crippen LogP) is 3.62. The number of benzene rings is 2. The molecule has 3 heterocycles. The zero-order valence-electron chi connectivity index (χ0n) is 15.6. The number of fused-ring (bicyclic) bond motifs is 2. The van der Waals surface area contributed by atoms with Crippen LogP contribution in [0.2, 0.25) is 0 Å². The van der Waals surface area contributed by atoms with Crippen molar-refractivity contribution in [3.05, 3.63) is 70.0 Å². The molecule has 0 amide bonds. The Balaban J connectivity index is 1.68. The Morgan fingerprint density at radius 1 is 1.07 bits per heavy atom. The SMILES string of the molecule is Cc1c[nH]c(=O)c2ccc(-c3nc(-c4ccc5c(c4)CCO5)c(F)nc3N)cc12. The maximum atomic E-state index is 14.6. The number of H-pyrrole nitrogens is 1. The van der Waals surface area contributed by atoms with E-state index in [2.05, 4.69) is 15.0 Å². The molecule has 2 aromatic carbocycles. The Morgan fingerprint density at radius 3 is 2.72 bits per heavy atom. The molecule has 0 unspecified atom stereocenters. The Hall–Kier alpha value is -3.74. The van der Waals surface area contributed by atoms with E-state index in [0.717, 1.165) is 28.7 Å². The van der Waals surface area contributed by atoms with Crippen LogP contribution in [0.5, 0.6) is 5.75 Å². The van der Waals surface area contributed by atoms with Crippen molar-refractivity contribution < 1.29 is 9.13 Å². The fourth-order valence-electron chi connectivity index (χ4n) is 3.70. The highest BCUT2D eigenvalue weighted by molar-refractivity contribution is 5.90. The largest absolute Gasteiger partial charge is 0.493 e. The summed E-state index contributed by atoms with van der Waals surface area (Å²) in [5, 5.41) is 1.36. The molecule has 0 radical (unpaired) electrons. The summed E-state index contributed by atoms with van der Waals surface area (Å²) in [6, 6.07) is 10.8. The van der Waals surface area contributed by atoms with E-state index in [1.807, 2.05) is 25.1 Å². The maximum absolute atomic E-state index is 14.6. The van der Waals surface area contributed by atoms with Crippen molar-refractivity contribution in [1.82, 2.24) is 15.0 Å². The van der Waals surface area contributed by atoms with Crippen LogP contribution < -0.4 is 16.0 Å². The monoisotopic (exact) mass is 388 g/mol. The van der Waals surface area contributed by atoms with Crippen molar-refractivity contribution in [3.63, 3.8) is 0 Å². The third-order valence-electron chi connectivity index (χ3n) is 5.23. The average molecular weight is 388 g/mol. The summed E-state index contributed by atoms with van der Waals surface area (Å²) in [4.78, 5) is 23.2. The summed E-state index contributed by atoms with van der Waals surface area (Å²) >= 11 is 0. The Morgan fingerprint density at radius 2 is 1.86 bits per heavy atom. The van der Waals surface area contributed by atoms with E-state index in [1.165, 1.54) is 0 Å². The third-order valence-corrected chi connectivity index (χ3v) is 5.23. The molecule has 0 aliphatic carbocycles. The molecule has 29 heavy (non-hydrogen) atoms. The first kappa shape index (κ1) is 17.4. The van der Waals surface area contributed by atoms with Gasteiger partial charge in [-0.2, -0.15) is 9.37 Å². The van der Waals surface area contributed by atoms with Gasteiger partial charge < -0.3 is 15.5 Å². The van der Waals surface area contributed by atoms with E-state index in [0.29, 0.717) is 28.8 Å². The van der Waals surface area contributed by atoms with Gasteiger partial charge in [0.25, 0.3) is 5.56 Å². The summed E-state index contributed by atoms with van der Waals surface area (Å²) in [7, 11) is 0. The van der Waals surface area contributed by atoms with E-state index in [9.17, 15) is 9.18 Å². The molecule has 7 heteroatoms. The molecule has 0 fully saturated rings. The molecule has 1 aliphatic heterocycles. The van der Waals surface area contributed by atoms with Crippen LogP contribution in [0.15, 0.2) is 47.4 Å². The van der Waals surface area contributed by atoms with Crippen molar-refractivity contribution in [3.8, 4) is 28.3 Å². The molecule has 0 saturated carbocycles. The van der Waals surface area contributed by atoms with Crippen molar-refractivity contribution in [2.45, 2.75) is 13.3 Å². The minimum atomic E-state index is -0.724. The average Bonchev–Trinajstić information content (AvgIpc) is 3.18. The van der Waals surface area contributed by atoms with Gasteiger partial charge in [0.2, 0.25) is 5.95 Å². The molecule has 2 aromatic heterocycles. The normalized spacial score (nSPS) is 12.8. The lowest BCUT2D eigenvalue weighted by Crippen LogP contribution is -2.07. The molecule has 0 saturated heterocycles. The minimum Gasteiger partial charge on any atom is -0.493 e. The number of aromatic amines is 1. The summed E-state index contributed by atoms with van der Waals surface area (Å²) in [5.41, 5.74) is 9.55. The summed E-state index contributed by atoms with van der Waals surface area (Å²) in [6.07, 6.45) is 2.44. The molecule has 0 spiro atoms. The minimum absolute atomic E-state index is 0.00223. The van der Waals surface area contributed by atoms with E-state index >= 15 is 0 Å². The van der Waals surface area contributed by atoms with Crippen LogP contribution in [0.3, 0.4) is 0 Å². The van der Waals surface area contributed by atoms with Crippen molar-refractivity contribution in [2.75, 3.05) is 12.3 Å². The number of ether oxygens (including phenoxy) is 1. The van der Waals surface area contributed by atoms with Gasteiger partial charge >= 0.3 is 0 Å². The molecule has 6 nitrogen and oxygen atoms in total. The topological polar surface area (TPSA) is 93.9 Å². The van der Waals surface area contributed by atoms with Crippen LogP contribution in [0.25, 0.3) is 33.3 Å². The number of aryl methyl sites for hydroxylation is 1. The van der Waals surface area contributed by atoms with Crippen molar-refractivity contribution in [2.24, 2.45) is 0 Å². The molecule has 5 rings (SSSR count). The number of hydrogen-bond donors (Lipinski definition) is 2. The van der Waals surface area contributed by atoms with Gasteiger partial charge in [-0.3, -0.25) is 4.79 Å². The lowest BCUT2D eigenvalue weighted by Gasteiger charge is -2.11. The fraction of sp³-hybridized carbons (Fsp3) is 0.136. The van der Waals surface area contributed by atoms with Crippen LogP contribution in [0.4, 0.5) is 10.2 Å². The Bertz CT molecular complexity index is 1350. The van der Waals surface area contributed by atoms with E-state index in [1.54, 1.807) is 24.4 Å². The molecule has 0 atom stereocenters. The fourth-order valence-corrected chi connectivity index (χ4v) is 3.70. The third kappa shape index (κ3) is 2.82. The van der Waals surface area contributed by atoms with Crippen LogP contribution in [-0.4, -0.2) is 21.6 Å². The molecule has 0 bridgehead atoms. The Kier molecular flexibility index (Phi) is 3.84. The molecule has 1 aliphatic rings.